The first kappa shape index (κ1) is 18.0. The van der Waals surface area contributed by atoms with Gasteiger partial charge in [0.25, 0.3) is 5.56 Å². The Morgan fingerprint density at radius 2 is 1.75 bits per heavy atom. The number of halogens is 1. The van der Waals surface area contributed by atoms with Gasteiger partial charge in [-0.05, 0) is 48.0 Å². The Balaban J connectivity index is 2.00. The molecule has 4 aromatic rings. The first-order valence-corrected chi connectivity index (χ1v) is 8.96. The number of nitrogens with zero attached hydrogens (tertiary/aromatic N) is 3. The second-order valence-corrected chi connectivity index (χ2v) is 6.58. The molecule has 2 aromatic heterocycles. The van der Waals surface area contributed by atoms with Crippen molar-refractivity contribution in [3.8, 4) is 11.4 Å². The minimum Gasteiger partial charge on any atom is -0.497 e. The maximum absolute atomic E-state index is 13.3. The highest BCUT2D eigenvalue weighted by atomic mass is 35.5. The number of rotatable bonds is 4. The zero-order chi connectivity index (χ0) is 19.7. The Hall–Kier alpha value is -3.38. The van der Waals surface area contributed by atoms with Gasteiger partial charge < -0.3 is 4.74 Å². The maximum atomic E-state index is 13.3. The fraction of sp³-hybridized carbons (Fsp3) is 0.0952. The molecular formula is C21H16ClN3O3. The fourth-order valence-electron chi connectivity index (χ4n) is 3.09. The third-order valence-electron chi connectivity index (χ3n) is 4.51. The third kappa shape index (κ3) is 3.08. The number of aromatic nitrogens is 3. The van der Waals surface area contributed by atoms with Gasteiger partial charge in [-0.1, -0.05) is 29.8 Å². The van der Waals surface area contributed by atoms with E-state index in [-0.39, 0.29) is 6.54 Å². The molecule has 0 saturated carbocycles. The van der Waals surface area contributed by atoms with Crippen LogP contribution in [0.4, 0.5) is 0 Å². The van der Waals surface area contributed by atoms with Crippen LogP contribution in [0.15, 0.2) is 76.4 Å². The van der Waals surface area contributed by atoms with Crippen molar-refractivity contribution in [2.75, 3.05) is 7.11 Å². The molecule has 2 aromatic carbocycles. The van der Waals surface area contributed by atoms with Gasteiger partial charge in [0.15, 0.2) is 5.65 Å². The Morgan fingerprint density at radius 3 is 2.46 bits per heavy atom. The fourth-order valence-corrected chi connectivity index (χ4v) is 3.28. The predicted octanol–water partition coefficient (Wildman–Crippen LogP) is 3.26. The Morgan fingerprint density at radius 1 is 1.00 bits per heavy atom. The van der Waals surface area contributed by atoms with Gasteiger partial charge in [0.2, 0.25) is 0 Å². The van der Waals surface area contributed by atoms with Gasteiger partial charge in [-0.25, -0.2) is 14.3 Å². The summed E-state index contributed by atoms with van der Waals surface area (Å²) in [5.74, 6) is 0.665. The highest BCUT2D eigenvalue weighted by Crippen LogP contribution is 2.18. The van der Waals surface area contributed by atoms with Gasteiger partial charge in [0.1, 0.15) is 5.75 Å². The lowest BCUT2D eigenvalue weighted by atomic mass is 10.2. The van der Waals surface area contributed by atoms with Gasteiger partial charge in [0, 0.05) is 11.2 Å². The normalized spacial score (nSPS) is 10.9. The predicted molar refractivity (Wildman–Crippen MR) is 109 cm³/mol. The maximum Gasteiger partial charge on any atom is 0.337 e. The monoisotopic (exact) mass is 393 g/mol. The van der Waals surface area contributed by atoms with Crippen molar-refractivity contribution in [2.45, 2.75) is 6.54 Å². The topological polar surface area (TPSA) is 66.1 Å². The van der Waals surface area contributed by atoms with Gasteiger partial charge in [-0.15, -0.1) is 0 Å². The van der Waals surface area contributed by atoms with Crippen LogP contribution in [0, 0.1) is 0 Å². The van der Waals surface area contributed by atoms with E-state index < -0.39 is 11.2 Å². The first-order chi connectivity index (χ1) is 13.6. The summed E-state index contributed by atoms with van der Waals surface area (Å²) in [6.45, 7) is 0.0678. The number of methoxy groups -OCH3 is 1. The second-order valence-electron chi connectivity index (χ2n) is 6.17. The molecule has 0 aliphatic rings. The highest BCUT2D eigenvalue weighted by molar-refractivity contribution is 6.31. The minimum absolute atomic E-state index is 0.0678. The van der Waals surface area contributed by atoms with E-state index in [1.807, 2.05) is 6.07 Å². The first-order valence-electron chi connectivity index (χ1n) is 8.58. The number of hydrogen-bond acceptors (Lipinski definition) is 4. The molecule has 0 spiro atoms. The standard InChI is InChI=1S/C21H16ClN3O3/c1-28-16-10-8-15(9-11-16)25-19-17(6-4-12-23-19)20(26)24(21(25)27)13-14-5-2-3-7-18(14)22/h2-12H,13H2,1H3. The number of pyridine rings is 1. The molecule has 0 radical (unpaired) electrons. The molecule has 4 rings (SSSR count). The van der Waals surface area contributed by atoms with Crippen molar-refractivity contribution in [2.24, 2.45) is 0 Å². The van der Waals surface area contributed by atoms with E-state index in [0.717, 1.165) is 0 Å². The van der Waals surface area contributed by atoms with Crippen LogP contribution in [0.2, 0.25) is 5.02 Å². The van der Waals surface area contributed by atoms with E-state index in [1.54, 1.807) is 67.9 Å². The molecular weight excluding hydrogens is 378 g/mol. The van der Waals surface area contributed by atoms with E-state index in [2.05, 4.69) is 4.98 Å². The van der Waals surface area contributed by atoms with Gasteiger partial charge in [-0.3, -0.25) is 9.36 Å². The summed E-state index contributed by atoms with van der Waals surface area (Å²) >= 11 is 6.24. The van der Waals surface area contributed by atoms with Crippen molar-refractivity contribution < 1.29 is 4.74 Å². The van der Waals surface area contributed by atoms with Crippen LogP contribution in [-0.2, 0) is 6.54 Å². The molecule has 0 aliphatic heterocycles. The van der Waals surface area contributed by atoms with E-state index in [4.69, 9.17) is 16.3 Å². The largest absolute Gasteiger partial charge is 0.497 e. The SMILES string of the molecule is COc1ccc(-n2c(=O)n(Cc3ccccc3Cl)c(=O)c3cccnc32)cc1. The van der Waals surface area contributed by atoms with Gasteiger partial charge >= 0.3 is 5.69 Å². The number of benzene rings is 2. The zero-order valence-electron chi connectivity index (χ0n) is 15.0. The summed E-state index contributed by atoms with van der Waals surface area (Å²) in [6, 6.07) is 17.5. The Bertz CT molecular complexity index is 1280. The zero-order valence-corrected chi connectivity index (χ0v) is 15.8. The van der Waals surface area contributed by atoms with Gasteiger partial charge in [-0.2, -0.15) is 0 Å². The summed E-state index contributed by atoms with van der Waals surface area (Å²) in [4.78, 5) is 30.6. The Kier molecular flexibility index (Phi) is 4.71. The molecule has 0 saturated heterocycles. The molecule has 0 amide bonds. The van der Waals surface area contributed by atoms with Crippen LogP contribution in [0.3, 0.4) is 0 Å². The number of fused-ring (bicyclic) bond motifs is 1. The van der Waals surface area contributed by atoms with E-state index in [1.165, 1.54) is 9.13 Å². The summed E-state index contributed by atoms with van der Waals surface area (Å²) in [5, 5.41) is 0.848. The number of hydrogen-bond donors (Lipinski definition) is 0. The van der Waals surface area contributed by atoms with Crippen LogP contribution < -0.4 is 16.0 Å². The average molecular weight is 394 g/mol. The molecule has 2 heterocycles. The molecule has 6 nitrogen and oxygen atoms in total. The van der Waals surface area contributed by atoms with Crippen LogP contribution >= 0.6 is 11.6 Å². The van der Waals surface area contributed by atoms with Crippen LogP contribution in [0.25, 0.3) is 16.7 Å². The molecule has 0 fully saturated rings. The average Bonchev–Trinajstić information content (AvgIpc) is 2.73. The Labute approximate surface area is 165 Å². The molecule has 0 N–H and O–H groups in total. The lowest BCUT2D eigenvalue weighted by molar-refractivity contribution is 0.414. The van der Waals surface area contributed by atoms with Crippen molar-refractivity contribution in [1.29, 1.82) is 0 Å². The number of ether oxygens (including phenoxy) is 1. The summed E-state index contributed by atoms with van der Waals surface area (Å²) in [6.07, 6.45) is 1.56. The second kappa shape index (κ2) is 7.32. The van der Waals surface area contributed by atoms with Crippen molar-refractivity contribution in [1.82, 2.24) is 14.1 Å². The summed E-state index contributed by atoms with van der Waals surface area (Å²) in [5.41, 5.74) is 0.687. The van der Waals surface area contributed by atoms with E-state index >= 15 is 0 Å². The van der Waals surface area contributed by atoms with Crippen molar-refractivity contribution in [3.63, 3.8) is 0 Å². The summed E-state index contributed by atoms with van der Waals surface area (Å²) < 4.78 is 7.78. The third-order valence-corrected chi connectivity index (χ3v) is 4.88. The van der Waals surface area contributed by atoms with E-state index in [0.29, 0.717) is 33.1 Å². The summed E-state index contributed by atoms with van der Waals surface area (Å²) in [7, 11) is 1.57. The van der Waals surface area contributed by atoms with E-state index in [9.17, 15) is 9.59 Å². The van der Waals surface area contributed by atoms with Crippen LogP contribution in [0.1, 0.15) is 5.56 Å². The smallest absolute Gasteiger partial charge is 0.337 e. The van der Waals surface area contributed by atoms with Crippen LogP contribution in [-0.4, -0.2) is 21.2 Å². The quantitative estimate of drug-likeness (QED) is 0.533. The molecule has 7 heteroatoms. The lowest BCUT2D eigenvalue weighted by Crippen LogP contribution is -2.40. The molecule has 0 atom stereocenters. The minimum atomic E-state index is -0.485. The van der Waals surface area contributed by atoms with Gasteiger partial charge in [0.05, 0.1) is 24.7 Å². The highest BCUT2D eigenvalue weighted by Gasteiger charge is 2.16. The molecule has 140 valence electrons. The van der Waals surface area contributed by atoms with Crippen LogP contribution in [0.5, 0.6) is 5.75 Å². The molecule has 0 unspecified atom stereocenters. The van der Waals surface area contributed by atoms with Crippen molar-refractivity contribution in [3.05, 3.63) is 98.3 Å². The molecule has 0 aliphatic carbocycles. The lowest BCUT2D eigenvalue weighted by Gasteiger charge is -2.14. The van der Waals surface area contributed by atoms with Crippen molar-refractivity contribution >= 4 is 22.6 Å². The molecule has 28 heavy (non-hydrogen) atoms. The molecule has 0 bridgehead atoms.